The lowest BCUT2D eigenvalue weighted by atomic mass is 10.2. The Morgan fingerprint density at radius 1 is 1.20 bits per heavy atom. The first-order valence-electron chi connectivity index (χ1n) is 7.70. The van der Waals surface area contributed by atoms with Gasteiger partial charge in [-0.05, 0) is 25.5 Å². The van der Waals surface area contributed by atoms with E-state index in [1.54, 1.807) is 6.92 Å². The van der Waals surface area contributed by atoms with Crippen LogP contribution in [0.15, 0.2) is 50.5 Å². The Labute approximate surface area is 150 Å². The summed E-state index contributed by atoms with van der Waals surface area (Å²) in [4.78, 5) is 11.6. The summed E-state index contributed by atoms with van der Waals surface area (Å²) in [6, 6.07) is 10.2. The fourth-order valence-electron chi connectivity index (χ4n) is 2.53. The molecule has 0 bridgehead atoms. The minimum atomic E-state index is -3.85. The molecule has 0 spiro atoms. The van der Waals surface area contributed by atoms with E-state index < -0.39 is 15.8 Å². The number of sulfonamides is 1. The van der Waals surface area contributed by atoms with E-state index in [0.717, 1.165) is 11.1 Å². The maximum Gasteiger partial charge on any atom is 0.419 e. The lowest BCUT2D eigenvalue weighted by molar-refractivity contribution is 0.512. The summed E-state index contributed by atoms with van der Waals surface area (Å²) >= 11 is 6.15. The van der Waals surface area contributed by atoms with E-state index in [2.05, 4.69) is 4.72 Å². The highest BCUT2D eigenvalue weighted by molar-refractivity contribution is 7.89. The number of benzene rings is 2. The van der Waals surface area contributed by atoms with Crippen LogP contribution in [0.5, 0.6) is 0 Å². The van der Waals surface area contributed by atoms with Gasteiger partial charge in [0, 0.05) is 19.2 Å². The van der Waals surface area contributed by atoms with Crippen LogP contribution in [0.2, 0.25) is 5.02 Å². The quantitative estimate of drug-likeness (QED) is 0.737. The lowest BCUT2D eigenvalue weighted by Gasteiger charge is -2.09. The molecule has 0 aliphatic rings. The summed E-state index contributed by atoms with van der Waals surface area (Å²) in [6.45, 7) is 4.29. The highest BCUT2D eigenvalue weighted by Crippen LogP contribution is 2.27. The minimum absolute atomic E-state index is 0.0342. The summed E-state index contributed by atoms with van der Waals surface area (Å²) in [6.07, 6.45) is 0. The topological polar surface area (TPSA) is 81.3 Å². The number of nitrogens with one attached hydrogen (secondary N) is 1. The summed E-state index contributed by atoms with van der Waals surface area (Å²) in [5, 5.41) is 0.0342. The molecule has 0 amide bonds. The van der Waals surface area contributed by atoms with Gasteiger partial charge in [0.1, 0.15) is 4.90 Å². The molecule has 0 saturated heterocycles. The third-order valence-electron chi connectivity index (χ3n) is 3.91. The standard InChI is InChI=1S/C17H17ClN2O4S/c1-3-20-14-8-13(18)16(9-15(14)24-17(20)21)25(22,23)19-10-12-6-4-11(2)5-7-12/h4-9,19H,3,10H2,1-2H3. The van der Waals surface area contributed by atoms with Crippen molar-refractivity contribution in [2.45, 2.75) is 31.8 Å². The molecule has 1 heterocycles. The third-order valence-corrected chi connectivity index (χ3v) is 5.78. The Kier molecular flexibility index (Phi) is 4.73. The van der Waals surface area contributed by atoms with Crippen molar-refractivity contribution in [2.24, 2.45) is 0 Å². The Balaban J connectivity index is 1.95. The van der Waals surface area contributed by atoms with Gasteiger partial charge in [0.25, 0.3) is 0 Å². The predicted molar refractivity (Wildman–Crippen MR) is 96.4 cm³/mol. The molecule has 3 aromatic rings. The van der Waals surface area contributed by atoms with Crippen LogP contribution in [0.3, 0.4) is 0 Å². The van der Waals surface area contributed by atoms with Crippen molar-refractivity contribution in [3.05, 3.63) is 63.1 Å². The van der Waals surface area contributed by atoms with E-state index in [-0.39, 0.29) is 22.0 Å². The SMILES string of the molecule is CCn1c(=O)oc2cc(S(=O)(=O)NCc3ccc(C)cc3)c(Cl)cc21. The zero-order valence-electron chi connectivity index (χ0n) is 13.7. The molecule has 0 atom stereocenters. The number of halogens is 1. The zero-order valence-corrected chi connectivity index (χ0v) is 15.3. The normalized spacial score (nSPS) is 12.0. The first-order valence-corrected chi connectivity index (χ1v) is 9.56. The van der Waals surface area contributed by atoms with E-state index in [4.69, 9.17) is 16.0 Å². The third kappa shape index (κ3) is 3.49. The fourth-order valence-corrected chi connectivity index (χ4v) is 4.08. The van der Waals surface area contributed by atoms with Crippen LogP contribution in [0.4, 0.5) is 0 Å². The predicted octanol–water partition coefficient (Wildman–Crippen LogP) is 3.05. The van der Waals surface area contributed by atoms with Crippen molar-refractivity contribution in [1.82, 2.24) is 9.29 Å². The first-order chi connectivity index (χ1) is 11.8. The Hall–Kier alpha value is -2.09. The molecule has 8 heteroatoms. The molecule has 0 unspecified atom stereocenters. The highest BCUT2D eigenvalue weighted by Gasteiger charge is 2.21. The van der Waals surface area contributed by atoms with Crippen molar-refractivity contribution in [3.8, 4) is 0 Å². The van der Waals surface area contributed by atoms with Gasteiger partial charge in [0.2, 0.25) is 10.0 Å². The van der Waals surface area contributed by atoms with Gasteiger partial charge < -0.3 is 4.42 Å². The molecular weight excluding hydrogens is 364 g/mol. The number of nitrogens with zero attached hydrogens (tertiary/aromatic N) is 1. The van der Waals surface area contributed by atoms with E-state index in [1.165, 1.54) is 16.7 Å². The number of oxazole rings is 1. The average molecular weight is 381 g/mol. The number of hydrogen-bond acceptors (Lipinski definition) is 4. The second-order valence-electron chi connectivity index (χ2n) is 5.67. The van der Waals surface area contributed by atoms with Gasteiger partial charge in [-0.2, -0.15) is 0 Å². The first kappa shape index (κ1) is 17.7. The van der Waals surface area contributed by atoms with Crippen LogP contribution in [-0.4, -0.2) is 13.0 Å². The monoisotopic (exact) mass is 380 g/mol. The van der Waals surface area contributed by atoms with Crippen molar-refractivity contribution in [1.29, 1.82) is 0 Å². The van der Waals surface area contributed by atoms with Crippen LogP contribution in [-0.2, 0) is 23.1 Å². The maximum atomic E-state index is 12.6. The molecule has 3 rings (SSSR count). The van der Waals surface area contributed by atoms with E-state index in [0.29, 0.717) is 12.1 Å². The molecule has 1 aromatic heterocycles. The van der Waals surface area contributed by atoms with Crippen LogP contribution in [0, 0.1) is 6.92 Å². The summed E-state index contributed by atoms with van der Waals surface area (Å²) < 4.78 is 34.2. The molecular formula is C17H17ClN2O4S. The molecule has 1 N–H and O–H groups in total. The number of hydrogen-bond donors (Lipinski definition) is 1. The minimum Gasteiger partial charge on any atom is -0.408 e. The molecule has 2 aromatic carbocycles. The highest BCUT2D eigenvalue weighted by atomic mass is 35.5. The Morgan fingerprint density at radius 3 is 2.52 bits per heavy atom. The molecule has 0 aliphatic carbocycles. The maximum absolute atomic E-state index is 12.6. The largest absolute Gasteiger partial charge is 0.419 e. The van der Waals surface area contributed by atoms with Crippen LogP contribution >= 0.6 is 11.6 Å². The smallest absolute Gasteiger partial charge is 0.408 e. The van der Waals surface area contributed by atoms with Crippen LogP contribution in [0.1, 0.15) is 18.1 Å². The second-order valence-corrected chi connectivity index (χ2v) is 7.82. The van der Waals surface area contributed by atoms with Gasteiger partial charge in [-0.15, -0.1) is 0 Å². The van der Waals surface area contributed by atoms with Crippen LogP contribution in [0.25, 0.3) is 11.1 Å². The van der Waals surface area contributed by atoms with E-state index >= 15 is 0 Å². The van der Waals surface area contributed by atoms with Gasteiger partial charge in [-0.3, -0.25) is 4.57 Å². The molecule has 132 valence electrons. The van der Waals surface area contributed by atoms with E-state index in [1.807, 2.05) is 31.2 Å². The molecule has 6 nitrogen and oxygen atoms in total. The van der Waals surface area contributed by atoms with Crippen LogP contribution < -0.4 is 10.5 Å². The van der Waals surface area contributed by atoms with Crippen molar-refractivity contribution >= 4 is 32.7 Å². The second kappa shape index (κ2) is 6.67. The Morgan fingerprint density at radius 2 is 1.88 bits per heavy atom. The molecule has 0 aliphatic heterocycles. The lowest BCUT2D eigenvalue weighted by Crippen LogP contribution is -2.23. The molecule has 0 radical (unpaired) electrons. The fraction of sp³-hybridized carbons (Fsp3) is 0.235. The summed E-state index contributed by atoms with van der Waals surface area (Å²) in [5.74, 6) is -0.546. The Bertz CT molecular complexity index is 1080. The molecule has 0 saturated carbocycles. The van der Waals surface area contributed by atoms with Gasteiger partial charge in [0.15, 0.2) is 5.58 Å². The van der Waals surface area contributed by atoms with Gasteiger partial charge >= 0.3 is 5.76 Å². The molecule has 25 heavy (non-hydrogen) atoms. The summed E-state index contributed by atoms with van der Waals surface area (Å²) in [7, 11) is -3.85. The number of rotatable bonds is 5. The van der Waals surface area contributed by atoms with Gasteiger partial charge in [-0.25, -0.2) is 17.9 Å². The van der Waals surface area contributed by atoms with E-state index in [9.17, 15) is 13.2 Å². The average Bonchev–Trinajstić information content (AvgIpc) is 2.87. The molecule has 0 fully saturated rings. The summed E-state index contributed by atoms with van der Waals surface area (Å²) in [5.41, 5.74) is 2.58. The van der Waals surface area contributed by atoms with Gasteiger partial charge in [0.05, 0.1) is 10.5 Å². The van der Waals surface area contributed by atoms with Crippen molar-refractivity contribution in [2.75, 3.05) is 0 Å². The van der Waals surface area contributed by atoms with Gasteiger partial charge in [-0.1, -0.05) is 41.4 Å². The number of aromatic nitrogens is 1. The number of aryl methyl sites for hydroxylation is 2. The van der Waals surface area contributed by atoms with Crippen molar-refractivity contribution in [3.63, 3.8) is 0 Å². The zero-order chi connectivity index (χ0) is 18.2. The van der Waals surface area contributed by atoms with Crippen molar-refractivity contribution < 1.29 is 12.8 Å². The number of fused-ring (bicyclic) bond motifs is 1.